The van der Waals surface area contributed by atoms with Crippen LogP contribution in [0.1, 0.15) is 18.5 Å². The summed E-state index contributed by atoms with van der Waals surface area (Å²) >= 11 is 0. The predicted octanol–water partition coefficient (Wildman–Crippen LogP) is 1.63. The van der Waals surface area contributed by atoms with E-state index in [0.717, 1.165) is 32.0 Å². The molecule has 1 aliphatic rings. The fraction of sp³-hybridized carbons (Fsp3) is 0.304. The normalized spacial score (nSPS) is 15.6. The summed E-state index contributed by atoms with van der Waals surface area (Å²) in [5, 5.41) is 4.68. The summed E-state index contributed by atoms with van der Waals surface area (Å²) in [4.78, 5) is 20.3. The van der Waals surface area contributed by atoms with Crippen LogP contribution in [0.2, 0.25) is 0 Å². The highest BCUT2D eigenvalue weighted by molar-refractivity contribution is 5.86. The van der Waals surface area contributed by atoms with E-state index in [9.17, 15) is 4.79 Å². The van der Waals surface area contributed by atoms with Crippen molar-refractivity contribution < 1.29 is 15.1 Å². The number of piperazine rings is 1. The van der Waals surface area contributed by atoms with Crippen LogP contribution in [0.5, 0.6) is 0 Å². The van der Waals surface area contributed by atoms with Crippen LogP contribution in [0.15, 0.2) is 66.9 Å². The van der Waals surface area contributed by atoms with Gasteiger partial charge in [-0.1, -0.05) is 48.5 Å². The zero-order valence-corrected chi connectivity index (χ0v) is 16.3. The molecule has 1 amide bonds. The van der Waals surface area contributed by atoms with Crippen LogP contribution in [0.3, 0.4) is 0 Å². The van der Waals surface area contributed by atoms with E-state index in [4.69, 9.17) is 0 Å². The maximum Gasteiger partial charge on any atom is 0.277 e. The first-order valence-electron chi connectivity index (χ1n) is 10.0. The Morgan fingerprint density at radius 2 is 1.75 bits per heavy atom. The largest absolute Gasteiger partial charge is 0.332 e. The van der Waals surface area contributed by atoms with Crippen LogP contribution in [-0.2, 0) is 4.79 Å². The van der Waals surface area contributed by atoms with Gasteiger partial charge in [0.1, 0.15) is 19.1 Å². The van der Waals surface area contributed by atoms with Gasteiger partial charge in [-0.15, -0.1) is 0 Å². The number of H-pyrrole nitrogens is 1. The second-order valence-electron chi connectivity index (χ2n) is 7.41. The smallest absolute Gasteiger partial charge is 0.277 e. The number of nitrogens with two attached hydrogens (primary N) is 1. The van der Waals surface area contributed by atoms with Crippen LogP contribution in [-0.4, -0.2) is 43.5 Å². The molecule has 0 radical (unpaired) electrons. The number of aromatic nitrogens is 1. The van der Waals surface area contributed by atoms with E-state index < -0.39 is 0 Å². The van der Waals surface area contributed by atoms with Gasteiger partial charge in [-0.2, -0.15) is 0 Å². The number of carbonyl (C=O) groups is 1. The lowest BCUT2D eigenvalue weighted by Gasteiger charge is -2.30. The van der Waals surface area contributed by atoms with Gasteiger partial charge in [0.2, 0.25) is 0 Å². The molecule has 4 rings (SSSR count). The number of pyridine rings is 1. The third-order valence-electron chi connectivity index (χ3n) is 5.63. The van der Waals surface area contributed by atoms with E-state index in [0.29, 0.717) is 6.54 Å². The zero-order valence-electron chi connectivity index (χ0n) is 16.3. The molecule has 3 N–H and O–H groups in total. The van der Waals surface area contributed by atoms with Crippen molar-refractivity contribution in [2.45, 2.75) is 13.0 Å². The van der Waals surface area contributed by atoms with Gasteiger partial charge in [-0.25, -0.2) is 4.98 Å². The lowest BCUT2D eigenvalue weighted by atomic mass is 10.00. The Morgan fingerprint density at radius 1 is 1.00 bits per heavy atom. The molecule has 0 spiro atoms. The number of anilines is 1. The Balaban J connectivity index is 1.32. The van der Waals surface area contributed by atoms with Gasteiger partial charge >= 0.3 is 0 Å². The van der Waals surface area contributed by atoms with Gasteiger partial charge in [0.15, 0.2) is 6.54 Å². The number of fused-ring (bicyclic) bond motifs is 1. The van der Waals surface area contributed by atoms with Crippen molar-refractivity contribution in [1.29, 1.82) is 0 Å². The van der Waals surface area contributed by atoms with Crippen LogP contribution in [0, 0.1) is 0 Å². The molecule has 2 heterocycles. The SMILES string of the molecule is C[C@H]([NH2+]CC(=O)N1CCN(c2cccc[nH+]2)CC1)c1cccc2ccccc12. The highest BCUT2D eigenvalue weighted by atomic mass is 16.2. The molecule has 1 atom stereocenters. The Kier molecular flexibility index (Phi) is 5.53. The second-order valence-corrected chi connectivity index (χ2v) is 7.41. The first-order chi connectivity index (χ1) is 13.7. The van der Waals surface area contributed by atoms with Crippen molar-refractivity contribution >= 4 is 22.5 Å². The van der Waals surface area contributed by atoms with Crippen LogP contribution >= 0.6 is 0 Å². The third kappa shape index (κ3) is 3.99. The third-order valence-corrected chi connectivity index (χ3v) is 5.63. The van der Waals surface area contributed by atoms with E-state index >= 15 is 0 Å². The maximum atomic E-state index is 12.7. The van der Waals surface area contributed by atoms with Crippen molar-refractivity contribution in [2.75, 3.05) is 37.6 Å². The number of nitrogens with zero attached hydrogens (tertiary/aromatic N) is 2. The summed E-state index contributed by atoms with van der Waals surface area (Å²) in [5.74, 6) is 1.34. The first kappa shape index (κ1) is 18.4. The minimum atomic E-state index is 0.226. The molecular formula is C23H28N4O+2. The zero-order chi connectivity index (χ0) is 19.3. The molecule has 0 bridgehead atoms. The molecule has 5 heteroatoms. The Labute approximate surface area is 166 Å². The molecule has 1 aromatic heterocycles. The van der Waals surface area contributed by atoms with Crippen LogP contribution < -0.4 is 15.2 Å². The Morgan fingerprint density at radius 3 is 2.54 bits per heavy atom. The van der Waals surface area contributed by atoms with Crippen molar-refractivity contribution in [3.05, 3.63) is 72.4 Å². The van der Waals surface area contributed by atoms with Crippen molar-refractivity contribution in [3.8, 4) is 0 Å². The molecule has 1 aliphatic heterocycles. The van der Waals surface area contributed by atoms with E-state index in [1.165, 1.54) is 16.3 Å². The number of amides is 1. The fourth-order valence-electron chi connectivity index (χ4n) is 3.96. The molecule has 2 aromatic carbocycles. The summed E-state index contributed by atoms with van der Waals surface area (Å²) in [6, 6.07) is 21.2. The molecule has 0 unspecified atom stereocenters. The van der Waals surface area contributed by atoms with Gasteiger partial charge in [0.25, 0.3) is 11.7 Å². The number of quaternary nitrogens is 1. The lowest BCUT2D eigenvalue weighted by molar-refractivity contribution is -0.682. The minimum Gasteiger partial charge on any atom is -0.332 e. The summed E-state index contributed by atoms with van der Waals surface area (Å²) in [6.07, 6.45) is 1.94. The van der Waals surface area contributed by atoms with Gasteiger partial charge < -0.3 is 10.2 Å². The van der Waals surface area contributed by atoms with E-state index in [2.05, 4.69) is 70.7 Å². The monoisotopic (exact) mass is 376 g/mol. The van der Waals surface area contributed by atoms with E-state index in [-0.39, 0.29) is 11.9 Å². The van der Waals surface area contributed by atoms with E-state index in [1.807, 2.05) is 23.2 Å². The summed E-state index contributed by atoms with van der Waals surface area (Å²) in [5.41, 5.74) is 1.29. The molecule has 0 saturated carbocycles. The van der Waals surface area contributed by atoms with Gasteiger partial charge in [0.05, 0.1) is 19.3 Å². The molecule has 1 fully saturated rings. The van der Waals surface area contributed by atoms with Gasteiger partial charge in [0, 0.05) is 11.6 Å². The summed E-state index contributed by atoms with van der Waals surface area (Å²) in [7, 11) is 0. The average molecular weight is 377 g/mol. The lowest BCUT2D eigenvalue weighted by Crippen LogP contribution is -2.87. The highest BCUT2D eigenvalue weighted by Crippen LogP contribution is 2.22. The fourth-order valence-corrected chi connectivity index (χ4v) is 3.96. The standard InChI is InChI=1S/C23H26N4O/c1-18(20-10-6-8-19-7-2-3-9-21(19)20)25-17-23(28)27-15-13-26(14-16-27)22-11-4-5-12-24-22/h2-12,18,25H,13-17H2,1H3/p+2/t18-/m0/s1. The Bertz CT molecular complexity index is 930. The number of hydrogen-bond acceptors (Lipinski definition) is 2. The number of aromatic amines is 1. The average Bonchev–Trinajstić information content (AvgIpc) is 2.77. The number of nitrogens with one attached hydrogen (secondary N) is 1. The number of rotatable bonds is 5. The quantitative estimate of drug-likeness (QED) is 0.736. The Hall–Kier alpha value is -2.92. The molecule has 28 heavy (non-hydrogen) atoms. The number of carbonyl (C=O) groups excluding carboxylic acids is 1. The summed E-state index contributed by atoms with van der Waals surface area (Å²) in [6.45, 7) is 5.95. The van der Waals surface area contributed by atoms with Crippen molar-refractivity contribution in [2.24, 2.45) is 0 Å². The number of hydrogen-bond donors (Lipinski definition) is 1. The van der Waals surface area contributed by atoms with Gasteiger partial charge in [-0.3, -0.25) is 9.69 Å². The molecule has 0 aliphatic carbocycles. The highest BCUT2D eigenvalue weighted by Gasteiger charge is 2.27. The van der Waals surface area contributed by atoms with Gasteiger partial charge in [-0.05, 0) is 23.8 Å². The number of benzene rings is 2. The van der Waals surface area contributed by atoms with E-state index in [1.54, 1.807) is 0 Å². The van der Waals surface area contributed by atoms with Crippen LogP contribution in [0.4, 0.5) is 5.82 Å². The minimum absolute atomic E-state index is 0.226. The van der Waals surface area contributed by atoms with Crippen molar-refractivity contribution in [1.82, 2.24) is 4.90 Å². The second kappa shape index (κ2) is 8.40. The van der Waals surface area contributed by atoms with Crippen molar-refractivity contribution in [3.63, 3.8) is 0 Å². The predicted molar refractivity (Wildman–Crippen MR) is 111 cm³/mol. The first-order valence-corrected chi connectivity index (χ1v) is 10.0. The molecular weight excluding hydrogens is 348 g/mol. The topological polar surface area (TPSA) is 54.3 Å². The maximum absolute atomic E-state index is 12.7. The molecule has 144 valence electrons. The van der Waals surface area contributed by atoms with Crippen LogP contribution in [0.25, 0.3) is 10.8 Å². The molecule has 5 nitrogen and oxygen atoms in total. The summed E-state index contributed by atoms with van der Waals surface area (Å²) < 4.78 is 0. The molecule has 3 aromatic rings. The molecule has 1 saturated heterocycles.